The van der Waals surface area contributed by atoms with Crippen LogP contribution in [-0.4, -0.2) is 23.8 Å². The Balaban J connectivity index is 3.25. The second-order valence-electron chi connectivity index (χ2n) is 3.54. The molecule has 0 unspecified atom stereocenters. The molecule has 0 bridgehead atoms. The Kier molecular flexibility index (Phi) is 4.71. The van der Waals surface area contributed by atoms with E-state index >= 15 is 0 Å². The first kappa shape index (κ1) is 14.3. The van der Waals surface area contributed by atoms with Gasteiger partial charge in [0, 0.05) is 6.07 Å². The predicted octanol–water partition coefficient (Wildman–Crippen LogP) is 1.38. The van der Waals surface area contributed by atoms with Crippen LogP contribution in [0.25, 0.3) is 0 Å². The Morgan fingerprint density at radius 1 is 1.58 bits per heavy atom. The van der Waals surface area contributed by atoms with Crippen molar-refractivity contribution in [3.63, 3.8) is 0 Å². The molecular formula is C12H10N2O5. The van der Waals surface area contributed by atoms with Gasteiger partial charge in [-0.3, -0.25) is 19.7 Å². The topological polar surface area (TPSA) is 110 Å². The van der Waals surface area contributed by atoms with Crippen molar-refractivity contribution in [1.29, 1.82) is 5.26 Å². The van der Waals surface area contributed by atoms with E-state index in [1.807, 2.05) is 0 Å². The van der Waals surface area contributed by atoms with Gasteiger partial charge < -0.3 is 4.74 Å². The molecule has 0 aliphatic heterocycles. The second-order valence-corrected chi connectivity index (χ2v) is 3.54. The van der Waals surface area contributed by atoms with Crippen LogP contribution in [0.2, 0.25) is 0 Å². The van der Waals surface area contributed by atoms with Gasteiger partial charge in [-0.15, -0.1) is 0 Å². The molecule has 0 atom stereocenters. The molecule has 1 aromatic rings. The molecule has 0 saturated carbocycles. The number of aldehydes is 1. The maximum Gasteiger partial charge on any atom is 0.310 e. The van der Waals surface area contributed by atoms with Crippen LogP contribution in [0.5, 0.6) is 0 Å². The molecule has 1 rings (SSSR count). The number of nitro benzene ring substituents is 1. The average Bonchev–Trinajstić information content (AvgIpc) is 2.38. The lowest BCUT2D eigenvalue weighted by Gasteiger charge is -2.05. The summed E-state index contributed by atoms with van der Waals surface area (Å²) in [6, 6.07) is 3.91. The summed E-state index contributed by atoms with van der Waals surface area (Å²) < 4.78 is 4.73. The summed E-state index contributed by atoms with van der Waals surface area (Å²) in [5.74, 6) is -0.565. The summed E-state index contributed by atoms with van der Waals surface area (Å²) in [7, 11) is 0. The Labute approximate surface area is 108 Å². The van der Waals surface area contributed by atoms with Crippen LogP contribution in [0.1, 0.15) is 28.4 Å². The Hall–Kier alpha value is -2.75. The van der Waals surface area contributed by atoms with Crippen LogP contribution in [0.4, 0.5) is 5.69 Å². The van der Waals surface area contributed by atoms with E-state index in [2.05, 4.69) is 0 Å². The molecule has 0 N–H and O–H groups in total. The van der Waals surface area contributed by atoms with Crippen molar-refractivity contribution in [3.05, 3.63) is 38.9 Å². The molecule has 0 aromatic heterocycles. The average molecular weight is 262 g/mol. The van der Waals surface area contributed by atoms with Crippen LogP contribution in [0.15, 0.2) is 12.1 Å². The third-order valence-corrected chi connectivity index (χ3v) is 2.34. The lowest BCUT2D eigenvalue weighted by Crippen LogP contribution is -2.09. The normalized spacial score (nSPS) is 9.47. The van der Waals surface area contributed by atoms with E-state index in [4.69, 9.17) is 10.00 Å². The van der Waals surface area contributed by atoms with Crippen molar-refractivity contribution in [2.45, 2.75) is 13.3 Å². The number of nitriles is 1. The lowest BCUT2D eigenvalue weighted by atomic mass is 10.0. The fourth-order valence-electron chi connectivity index (χ4n) is 1.52. The van der Waals surface area contributed by atoms with Crippen molar-refractivity contribution >= 4 is 17.9 Å². The van der Waals surface area contributed by atoms with E-state index in [0.29, 0.717) is 6.29 Å². The zero-order valence-electron chi connectivity index (χ0n) is 10.1. The third kappa shape index (κ3) is 3.35. The largest absolute Gasteiger partial charge is 0.466 e. The second kappa shape index (κ2) is 6.26. The van der Waals surface area contributed by atoms with E-state index in [1.165, 1.54) is 6.07 Å². The first-order chi connectivity index (χ1) is 9.03. The molecule has 98 valence electrons. The fourth-order valence-corrected chi connectivity index (χ4v) is 1.52. The van der Waals surface area contributed by atoms with Crippen LogP contribution < -0.4 is 0 Å². The van der Waals surface area contributed by atoms with Crippen LogP contribution >= 0.6 is 0 Å². The minimum absolute atomic E-state index is 0.0228. The van der Waals surface area contributed by atoms with Gasteiger partial charge in [-0.25, -0.2) is 0 Å². The number of rotatable bonds is 5. The van der Waals surface area contributed by atoms with Gasteiger partial charge in [0.1, 0.15) is 0 Å². The van der Waals surface area contributed by atoms with Crippen LogP contribution in [0, 0.1) is 21.4 Å². The molecule has 7 heteroatoms. The highest BCUT2D eigenvalue weighted by molar-refractivity contribution is 5.84. The van der Waals surface area contributed by atoms with Gasteiger partial charge >= 0.3 is 5.97 Å². The highest BCUT2D eigenvalue weighted by Gasteiger charge is 2.19. The highest BCUT2D eigenvalue weighted by Crippen LogP contribution is 2.22. The molecule has 0 spiro atoms. The maximum absolute atomic E-state index is 11.3. The molecule has 0 heterocycles. The summed E-state index contributed by atoms with van der Waals surface area (Å²) in [4.78, 5) is 32.1. The zero-order chi connectivity index (χ0) is 14.4. The Morgan fingerprint density at radius 2 is 2.26 bits per heavy atom. The minimum Gasteiger partial charge on any atom is -0.466 e. The first-order valence-corrected chi connectivity index (χ1v) is 5.35. The molecule has 7 nitrogen and oxygen atoms in total. The van der Waals surface area contributed by atoms with Crippen molar-refractivity contribution in [2.75, 3.05) is 6.61 Å². The van der Waals surface area contributed by atoms with E-state index in [9.17, 15) is 19.7 Å². The molecule has 0 fully saturated rings. The summed E-state index contributed by atoms with van der Waals surface area (Å²) >= 11 is 0. The van der Waals surface area contributed by atoms with E-state index in [1.54, 1.807) is 13.0 Å². The smallest absolute Gasteiger partial charge is 0.310 e. The van der Waals surface area contributed by atoms with Crippen molar-refractivity contribution in [1.82, 2.24) is 0 Å². The number of carbonyl (C=O) groups is 2. The molecular weight excluding hydrogens is 252 g/mol. The third-order valence-electron chi connectivity index (χ3n) is 2.34. The summed E-state index contributed by atoms with van der Waals surface area (Å²) in [6.45, 7) is 1.82. The summed E-state index contributed by atoms with van der Waals surface area (Å²) in [5, 5.41) is 19.6. The first-order valence-electron chi connectivity index (χ1n) is 5.35. The Morgan fingerprint density at radius 3 is 2.74 bits per heavy atom. The number of benzene rings is 1. The highest BCUT2D eigenvalue weighted by atomic mass is 16.6. The molecule has 0 saturated heterocycles. The van der Waals surface area contributed by atoms with Gasteiger partial charge in [-0.2, -0.15) is 5.26 Å². The molecule has 19 heavy (non-hydrogen) atoms. The molecule has 0 amide bonds. The van der Waals surface area contributed by atoms with Gasteiger partial charge in [0.25, 0.3) is 5.69 Å². The lowest BCUT2D eigenvalue weighted by molar-refractivity contribution is -0.385. The van der Waals surface area contributed by atoms with E-state index in [-0.39, 0.29) is 29.7 Å². The molecule has 0 radical (unpaired) electrons. The summed E-state index contributed by atoms with van der Waals surface area (Å²) in [6.07, 6.45) is 0.101. The molecule has 1 aromatic carbocycles. The summed E-state index contributed by atoms with van der Waals surface area (Å²) in [5.41, 5.74) is -0.429. The van der Waals surface area contributed by atoms with Crippen molar-refractivity contribution in [3.8, 4) is 6.07 Å². The van der Waals surface area contributed by atoms with Gasteiger partial charge in [0.05, 0.1) is 35.1 Å². The van der Waals surface area contributed by atoms with Crippen LogP contribution in [0.3, 0.4) is 0 Å². The Bertz CT molecular complexity index is 574. The number of hydrogen-bond donors (Lipinski definition) is 0. The zero-order valence-corrected chi connectivity index (χ0v) is 10.1. The van der Waals surface area contributed by atoms with E-state index in [0.717, 1.165) is 6.07 Å². The number of ether oxygens (including phenoxy) is 1. The quantitative estimate of drug-likeness (QED) is 0.343. The van der Waals surface area contributed by atoms with Gasteiger partial charge in [-0.05, 0) is 18.6 Å². The maximum atomic E-state index is 11.3. The number of hydrogen-bond acceptors (Lipinski definition) is 6. The standard InChI is InChI=1S/C12H10N2O5/c1-2-19-12(16)5-8-3-10(7-15)11(14(17)18)4-9(8)6-13/h3-4,7H,2,5H2,1H3. The SMILES string of the molecule is CCOC(=O)Cc1cc(C=O)c([N+](=O)[O-])cc1C#N. The monoisotopic (exact) mass is 262 g/mol. The van der Waals surface area contributed by atoms with E-state index < -0.39 is 16.6 Å². The van der Waals surface area contributed by atoms with Gasteiger partial charge in [0.15, 0.2) is 6.29 Å². The van der Waals surface area contributed by atoms with Gasteiger partial charge in [-0.1, -0.05) is 0 Å². The van der Waals surface area contributed by atoms with Crippen molar-refractivity contribution in [2.24, 2.45) is 0 Å². The van der Waals surface area contributed by atoms with Crippen LogP contribution in [-0.2, 0) is 16.0 Å². The minimum atomic E-state index is -0.751. The number of carbonyl (C=O) groups excluding carboxylic acids is 2. The number of nitro groups is 1. The number of esters is 1. The predicted molar refractivity (Wildman–Crippen MR) is 63.5 cm³/mol. The van der Waals surface area contributed by atoms with Gasteiger partial charge in [0.2, 0.25) is 0 Å². The fraction of sp³-hybridized carbons (Fsp3) is 0.250. The van der Waals surface area contributed by atoms with Crippen molar-refractivity contribution < 1.29 is 19.2 Å². The number of nitrogens with zero attached hydrogens (tertiary/aromatic N) is 2. The molecule has 0 aliphatic carbocycles. The molecule has 0 aliphatic rings.